The maximum atomic E-state index is 11.6. The third kappa shape index (κ3) is 5.17. The molecule has 0 bridgehead atoms. The molecule has 1 aromatic carbocycles. The molecule has 0 saturated heterocycles. The van der Waals surface area contributed by atoms with Gasteiger partial charge in [0.2, 0.25) is 5.91 Å². The van der Waals surface area contributed by atoms with Crippen LogP contribution in [0.3, 0.4) is 0 Å². The molecule has 0 atom stereocenters. The number of benzene rings is 1. The van der Waals surface area contributed by atoms with Crippen molar-refractivity contribution in [1.29, 1.82) is 5.26 Å². The second-order valence-electron chi connectivity index (χ2n) is 4.05. The van der Waals surface area contributed by atoms with Crippen LogP contribution >= 0.6 is 0 Å². The molecule has 0 heterocycles. The molecule has 0 aromatic heterocycles. The van der Waals surface area contributed by atoms with Crippen LogP contribution in [0.15, 0.2) is 24.3 Å². The summed E-state index contributed by atoms with van der Waals surface area (Å²) in [5, 5.41) is 11.5. The van der Waals surface area contributed by atoms with Crippen LogP contribution in [-0.2, 0) is 4.79 Å². The number of hydrogen-bond acceptors (Lipinski definition) is 2. The number of nitrogens with one attached hydrogen (secondary N) is 1. The van der Waals surface area contributed by atoms with Gasteiger partial charge in [-0.1, -0.05) is 32.3 Å². The molecule has 0 aliphatic carbocycles. The van der Waals surface area contributed by atoms with Crippen molar-refractivity contribution in [3.05, 3.63) is 29.8 Å². The molecular weight excluding hydrogens is 212 g/mol. The van der Waals surface area contributed by atoms with Crippen molar-refractivity contribution in [2.45, 2.75) is 39.0 Å². The van der Waals surface area contributed by atoms with E-state index in [1.807, 2.05) is 6.07 Å². The number of anilines is 1. The van der Waals surface area contributed by atoms with Crippen LogP contribution in [0.4, 0.5) is 5.69 Å². The first-order valence-corrected chi connectivity index (χ1v) is 6.06. The highest BCUT2D eigenvalue weighted by Gasteiger charge is 2.02. The number of amides is 1. The molecule has 0 saturated carbocycles. The molecule has 1 amide bonds. The normalized spacial score (nSPS) is 9.65. The SMILES string of the molecule is CCCCCCC(=O)Nc1cccc(C#N)c1. The van der Waals surface area contributed by atoms with Gasteiger partial charge in [0.25, 0.3) is 0 Å². The van der Waals surface area contributed by atoms with Crippen LogP contribution in [0, 0.1) is 11.3 Å². The van der Waals surface area contributed by atoms with E-state index in [4.69, 9.17) is 5.26 Å². The predicted octanol–water partition coefficient (Wildman–Crippen LogP) is 3.47. The van der Waals surface area contributed by atoms with E-state index in [0.717, 1.165) is 12.8 Å². The molecular formula is C14H18N2O. The molecule has 1 N–H and O–H groups in total. The van der Waals surface area contributed by atoms with Crippen LogP contribution in [0.1, 0.15) is 44.6 Å². The van der Waals surface area contributed by atoms with Crippen LogP contribution < -0.4 is 5.32 Å². The van der Waals surface area contributed by atoms with Crippen LogP contribution in [-0.4, -0.2) is 5.91 Å². The highest BCUT2D eigenvalue weighted by molar-refractivity contribution is 5.90. The van der Waals surface area contributed by atoms with Crippen LogP contribution in [0.2, 0.25) is 0 Å². The van der Waals surface area contributed by atoms with E-state index in [2.05, 4.69) is 12.2 Å². The summed E-state index contributed by atoms with van der Waals surface area (Å²) in [5.41, 5.74) is 1.26. The van der Waals surface area contributed by atoms with Gasteiger partial charge in [-0.15, -0.1) is 0 Å². The lowest BCUT2D eigenvalue weighted by Gasteiger charge is -2.05. The van der Waals surface area contributed by atoms with E-state index in [-0.39, 0.29) is 5.91 Å². The second kappa shape index (κ2) is 7.45. The Balaban J connectivity index is 2.37. The molecule has 90 valence electrons. The average Bonchev–Trinajstić information content (AvgIpc) is 2.35. The molecule has 3 heteroatoms. The zero-order chi connectivity index (χ0) is 12.5. The number of carbonyl (C=O) groups excluding carboxylic acids is 1. The number of nitriles is 1. The molecule has 3 nitrogen and oxygen atoms in total. The summed E-state index contributed by atoms with van der Waals surface area (Å²) in [6.07, 6.45) is 4.93. The van der Waals surface area contributed by atoms with E-state index < -0.39 is 0 Å². The fraction of sp³-hybridized carbons (Fsp3) is 0.429. The van der Waals surface area contributed by atoms with Gasteiger partial charge >= 0.3 is 0 Å². The average molecular weight is 230 g/mol. The summed E-state index contributed by atoms with van der Waals surface area (Å²) in [5.74, 6) is 0.0243. The van der Waals surface area contributed by atoms with E-state index >= 15 is 0 Å². The number of unbranched alkanes of at least 4 members (excludes halogenated alkanes) is 3. The summed E-state index contributed by atoms with van der Waals surface area (Å²) in [7, 11) is 0. The molecule has 17 heavy (non-hydrogen) atoms. The molecule has 0 spiro atoms. The van der Waals surface area contributed by atoms with Crippen LogP contribution in [0.5, 0.6) is 0 Å². The monoisotopic (exact) mass is 230 g/mol. The number of nitrogens with zero attached hydrogens (tertiary/aromatic N) is 1. The number of hydrogen-bond donors (Lipinski definition) is 1. The van der Waals surface area contributed by atoms with E-state index in [0.29, 0.717) is 17.7 Å². The van der Waals surface area contributed by atoms with Gasteiger partial charge in [0.15, 0.2) is 0 Å². The smallest absolute Gasteiger partial charge is 0.224 e. The first kappa shape index (κ1) is 13.2. The Labute approximate surface area is 102 Å². The van der Waals surface area contributed by atoms with Crippen molar-refractivity contribution in [2.75, 3.05) is 5.32 Å². The molecule has 0 unspecified atom stereocenters. The zero-order valence-electron chi connectivity index (χ0n) is 10.2. The number of rotatable bonds is 6. The fourth-order valence-corrected chi connectivity index (χ4v) is 1.60. The van der Waals surface area contributed by atoms with E-state index in [9.17, 15) is 4.79 Å². The standard InChI is InChI=1S/C14H18N2O/c1-2-3-4-5-9-14(17)16-13-8-6-7-12(10-13)11-15/h6-8,10H,2-5,9H2,1H3,(H,16,17). The van der Waals surface area contributed by atoms with E-state index in [1.165, 1.54) is 12.8 Å². The Morgan fingerprint density at radius 1 is 1.35 bits per heavy atom. The van der Waals surface area contributed by atoms with E-state index in [1.54, 1.807) is 24.3 Å². The van der Waals surface area contributed by atoms with Gasteiger partial charge in [-0.25, -0.2) is 0 Å². The largest absolute Gasteiger partial charge is 0.326 e. The second-order valence-corrected chi connectivity index (χ2v) is 4.05. The molecule has 0 aliphatic rings. The summed E-state index contributed by atoms with van der Waals surface area (Å²) >= 11 is 0. The first-order chi connectivity index (χ1) is 8.26. The van der Waals surface area contributed by atoms with Crippen LogP contribution in [0.25, 0.3) is 0 Å². The summed E-state index contributed by atoms with van der Waals surface area (Å²) in [6.45, 7) is 2.15. The van der Waals surface area contributed by atoms with Crippen molar-refractivity contribution in [2.24, 2.45) is 0 Å². The maximum absolute atomic E-state index is 11.6. The highest BCUT2D eigenvalue weighted by atomic mass is 16.1. The van der Waals surface area contributed by atoms with Gasteiger partial charge in [0, 0.05) is 12.1 Å². The minimum absolute atomic E-state index is 0.0243. The molecule has 1 aromatic rings. The van der Waals surface area contributed by atoms with Crippen molar-refractivity contribution in [3.8, 4) is 6.07 Å². The molecule has 1 rings (SSSR count). The molecule has 0 radical (unpaired) electrons. The summed E-state index contributed by atoms with van der Waals surface area (Å²) < 4.78 is 0. The Morgan fingerprint density at radius 3 is 2.88 bits per heavy atom. The van der Waals surface area contributed by atoms with Crippen molar-refractivity contribution >= 4 is 11.6 Å². The maximum Gasteiger partial charge on any atom is 0.224 e. The first-order valence-electron chi connectivity index (χ1n) is 6.06. The van der Waals surface area contributed by atoms with Gasteiger partial charge in [0.05, 0.1) is 11.6 Å². The lowest BCUT2D eigenvalue weighted by atomic mass is 10.1. The fourth-order valence-electron chi connectivity index (χ4n) is 1.60. The Kier molecular flexibility index (Phi) is 5.81. The van der Waals surface area contributed by atoms with Crippen molar-refractivity contribution < 1.29 is 4.79 Å². The predicted molar refractivity (Wildman–Crippen MR) is 68.5 cm³/mol. The molecule has 0 aliphatic heterocycles. The quantitative estimate of drug-likeness (QED) is 0.761. The third-order valence-electron chi connectivity index (χ3n) is 2.53. The third-order valence-corrected chi connectivity index (χ3v) is 2.53. The summed E-state index contributed by atoms with van der Waals surface area (Å²) in [4.78, 5) is 11.6. The lowest BCUT2D eigenvalue weighted by Crippen LogP contribution is -2.11. The lowest BCUT2D eigenvalue weighted by molar-refractivity contribution is -0.116. The van der Waals surface area contributed by atoms with Gasteiger partial charge in [-0.05, 0) is 24.6 Å². The summed E-state index contributed by atoms with van der Waals surface area (Å²) in [6, 6.07) is 9.02. The van der Waals surface area contributed by atoms with Gasteiger partial charge in [-0.2, -0.15) is 5.26 Å². The van der Waals surface area contributed by atoms with Gasteiger partial charge < -0.3 is 5.32 Å². The number of carbonyl (C=O) groups is 1. The van der Waals surface area contributed by atoms with Crippen molar-refractivity contribution in [1.82, 2.24) is 0 Å². The minimum Gasteiger partial charge on any atom is -0.326 e. The Morgan fingerprint density at radius 2 is 2.18 bits per heavy atom. The Bertz CT molecular complexity index is 407. The molecule has 0 fully saturated rings. The minimum atomic E-state index is 0.0243. The highest BCUT2D eigenvalue weighted by Crippen LogP contribution is 2.11. The zero-order valence-corrected chi connectivity index (χ0v) is 10.2. The Hall–Kier alpha value is -1.82. The van der Waals surface area contributed by atoms with Crippen molar-refractivity contribution in [3.63, 3.8) is 0 Å². The topological polar surface area (TPSA) is 52.9 Å². The van der Waals surface area contributed by atoms with Gasteiger partial charge in [0.1, 0.15) is 0 Å². The van der Waals surface area contributed by atoms with Gasteiger partial charge in [-0.3, -0.25) is 4.79 Å².